The number of carbonyl (C=O) groups excluding carboxylic acids is 1. The third-order valence-corrected chi connectivity index (χ3v) is 4.48. The zero-order chi connectivity index (χ0) is 19.3. The van der Waals surface area contributed by atoms with Gasteiger partial charge in [0.25, 0.3) is 0 Å². The first kappa shape index (κ1) is 17.7. The van der Waals surface area contributed by atoms with Gasteiger partial charge in [-0.2, -0.15) is 0 Å². The van der Waals surface area contributed by atoms with Gasteiger partial charge in [0.15, 0.2) is 11.5 Å². The van der Waals surface area contributed by atoms with Crippen molar-refractivity contribution in [1.82, 2.24) is 34.8 Å². The van der Waals surface area contributed by atoms with Crippen molar-refractivity contribution in [3.63, 3.8) is 0 Å². The molecule has 142 valence electrons. The number of pyridine rings is 1. The Labute approximate surface area is 162 Å². The zero-order valence-corrected chi connectivity index (χ0v) is 15.5. The molecule has 4 aromatic rings. The van der Waals surface area contributed by atoms with Crippen LogP contribution in [-0.2, 0) is 13.1 Å². The number of aromatic nitrogens is 5. The molecule has 2 amide bonds. The number of hydrogen-bond acceptors (Lipinski definition) is 4. The van der Waals surface area contributed by atoms with Crippen molar-refractivity contribution in [2.24, 2.45) is 0 Å². The second-order valence-electron chi connectivity index (χ2n) is 6.59. The fourth-order valence-corrected chi connectivity index (χ4v) is 3.00. The predicted octanol–water partition coefficient (Wildman–Crippen LogP) is 2.53. The molecule has 1 unspecified atom stereocenters. The van der Waals surface area contributed by atoms with Crippen LogP contribution >= 0.6 is 0 Å². The lowest BCUT2D eigenvalue weighted by molar-refractivity contribution is 0.237. The Balaban J connectivity index is 1.30. The fraction of sp³-hybridized carbons (Fsp3) is 0.200. The number of carbonyl (C=O) groups is 1. The largest absolute Gasteiger partial charge is 0.334 e. The number of imidazole rings is 1. The van der Waals surface area contributed by atoms with Gasteiger partial charge in [-0.15, -0.1) is 10.2 Å². The second kappa shape index (κ2) is 7.91. The molecule has 0 aliphatic rings. The molecule has 1 atom stereocenters. The minimum Gasteiger partial charge on any atom is -0.334 e. The Hall–Kier alpha value is -3.68. The number of benzene rings is 1. The van der Waals surface area contributed by atoms with Crippen LogP contribution in [0.15, 0.2) is 67.4 Å². The van der Waals surface area contributed by atoms with Crippen molar-refractivity contribution in [2.45, 2.75) is 26.1 Å². The molecule has 0 aliphatic heterocycles. The van der Waals surface area contributed by atoms with Gasteiger partial charge in [-0.05, 0) is 30.2 Å². The molecule has 0 bridgehead atoms. The summed E-state index contributed by atoms with van der Waals surface area (Å²) in [6.07, 6.45) is 7.37. The molecule has 0 saturated carbocycles. The van der Waals surface area contributed by atoms with Gasteiger partial charge in [-0.25, -0.2) is 9.78 Å². The quantitative estimate of drug-likeness (QED) is 0.542. The smallest absolute Gasteiger partial charge is 0.315 e. The zero-order valence-electron chi connectivity index (χ0n) is 15.5. The lowest BCUT2D eigenvalue weighted by Crippen LogP contribution is -2.37. The van der Waals surface area contributed by atoms with Crippen LogP contribution in [0, 0.1) is 0 Å². The van der Waals surface area contributed by atoms with Crippen LogP contribution in [0.2, 0.25) is 0 Å². The van der Waals surface area contributed by atoms with E-state index in [9.17, 15) is 4.79 Å². The summed E-state index contributed by atoms with van der Waals surface area (Å²) in [6, 6.07) is 13.3. The van der Waals surface area contributed by atoms with Gasteiger partial charge in [0.2, 0.25) is 0 Å². The maximum atomic E-state index is 12.2. The molecule has 0 saturated heterocycles. The molecule has 28 heavy (non-hydrogen) atoms. The molecule has 3 heterocycles. The minimum atomic E-state index is -0.269. The summed E-state index contributed by atoms with van der Waals surface area (Å²) >= 11 is 0. The van der Waals surface area contributed by atoms with E-state index >= 15 is 0 Å². The standard InChI is InChI=1S/C20H21N7O/c1-15(19-25-24-18-4-2-3-10-27(18)19)23-20(28)22-12-16-5-7-17(8-6-16)13-26-11-9-21-14-26/h2-11,14-15H,12-13H2,1H3,(H2,22,23,28). The Bertz CT molecular complexity index is 1050. The minimum absolute atomic E-state index is 0.248. The van der Waals surface area contributed by atoms with E-state index in [0.29, 0.717) is 12.4 Å². The van der Waals surface area contributed by atoms with Gasteiger partial charge in [0.1, 0.15) is 0 Å². The Morgan fingerprint density at radius 2 is 1.89 bits per heavy atom. The fourth-order valence-electron chi connectivity index (χ4n) is 3.00. The summed E-state index contributed by atoms with van der Waals surface area (Å²) in [6.45, 7) is 3.11. The molecule has 0 radical (unpaired) electrons. The Morgan fingerprint density at radius 3 is 2.68 bits per heavy atom. The van der Waals surface area contributed by atoms with Gasteiger partial charge < -0.3 is 15.2 Å². The average Bonchev–Trinajstić information content (AvgIpc) is 3.37. The molecule has 2 N–H and O–H groups in total. The highest BCUT2D eigenvalue weighted by Crippen LogP contribution is 2.11. The maximum absolute atomic E-state index is 12.2. The van der Waals surface area contributed by atoms with Crippen LogP contribution in [-0.4, -0.2) is 30.2 Å². The molecule has 1 aromatic carbocycles. The van der Waals surface area contributed by atoms with Gasteiger partial charge in [0, 0.05) is 31.7 Å². The predicted molar refractivity (Wildman–Crippen MR) is 105 cm³/mol. The monoisotopic (exact) mass is 375 g/mol. The van der Waals surface area contributed by atoms with E-state index in [1.54, 1.807) is 12.5 Å². The lowest BCUT2D eigenvalue weighted by Gasteiger charge is -2.13. The SMILES string of the molecule is CC(NC(=O)NCc1ccc(Cn2ccnc2)cc1)c1nnc2ccccn12. The summed E-state index contributed by atoms with van der Waals surface area (Å²) in [7, 11) is 0. The van der Waals surface area contributed by atoms with Crippen LogP contribution in [0.3, 0.4) is 0 Å². The van der Waals surface area contributed by atoms with Crippen molar-refractivity contribution >= 4 is 11.7 Å². The Kier molecular flexibility index (Phi) is 5.01. The summed E-state index contributed by atoms with van der Waals surface area (Å²) in [5.41, 5.74) is 2.96. The summed E-state index contributed by atoms with van der Waals surface area (Å²) < 4.78 is 3.88. The van der Waals surface area contributed by atoms with E-state index in [1.807, 2.05) is 58.6 Å². The van der Waals surface area contributed by atoms with Crippen molar-refractivity contribution in [2.75, 3.05) is 0 Å². The normalized spacial score (nSPS) is 12.0. The molecule has 8 nitrogen and oxygen atoms in total. The first-order valence-corrected chi connectivity index (χ1v) is 9.06. The highest BCUT2D eigenvalue weighted by molar-refractivity contribution is 5.74. The van der Waals surface area contributed by atoms with E-state index in [-0.39, 0.29) is 12.1 Å². The third-order valence-electron chi connectivity index (χ3n) is 4.48. The molecular formula is C20H21N7O. The van der Waals surface area contributed by atoms with Crippen LogP contribution in [0.25, 0.3) is 5.65 Å². The highest BCUT2D eigenvalue weighted by atomic mass is 16.2. The van der Waals surface area contributed by atoms with Crippen LogP contribution in [0.4, 0.5) is 4.79 Å². The summed E-state index contributed by atoms with van der Waals surface area (Å²) in [4.78, 5) is 16.3. The van der Waals surface area contributed by atoms with Gasteiger partial charge >= 0.3 is 6.03 Å². The molecule has 4 rings (SSSR count). The number of hydrogen-bond donors (Lipinski definition) is 2. The first-order chi connectivity index (χ1) is 13.7. The number of nitrogens with one attached hydrogen (secondary N) is 2. The van der Waals surface area contributed by atoms with E-state index in [1.165, 1.54) is 5.56 Å². The molecule has 0 aliphatic carbocycles. The van der Waals surface area contributed by atoms with Crippen molar-refractivity contribution in [1.29, 1.82) is 0 Å². The van der Waals surface area contributed by atoms with Crippen LogP contribution in [0.1, 0.15) is 29.9 Å². The van der Waals surface area contributed by atoms with E-state index in [0.717, 1.165) is 17.8 Å². The Morgan fingerprint density at radius 1 is 1.07 bits per heavy atom. The van der Waals surface area contributed by atoms with Crippen LogP contribution in [0.5, 0.6) is 0 Å². The number of fused-ring (bicyclic) bond motifs is 1. The molecule has 3 aromatic heterocycles. The lowest BCUT2D eigenvalue weighted by atomic mass is 10.1. The molecule has 8 heteroatoms. The van der Waals surface area contributed by atoms with Gasteiger partial charge in [-0.3, -0.25) is 4.40 Å². The molecule has 0 fully saturated rings. The van der Waals surface area contributed by atoms with Crippen molar-refractivity contribution in [3.05, 3.63) is 84.3 Å². The van der Waals surface area contributed by atoms with Crippen molar-refractivity contribution < 1.29 is 4.79 Å². The van der Waals surface area contributed by atoms with Gasteiger partial charge in [0.05, 0.1) is 12.4 Å². The number of amides is 2. The van der Waals surface area contributed by atoms with Crippen molar-refractivity contribution in [3.8, 4) is 0 Å². The topological polar surface area (TPSA) is 89.1 Å². The number of nitrogens with zero attached hydrogens (tertiary/aromatic N) is 5. The number of rotatable bonds is 6. The van der Waals surface area contributed by atoms with E-state index < -0.39 is 0 Å². The third kappa shape index (κ3) is 4.01. The highest BCUT2D eigenvalue weighted by Gasteiger charge is 2.15. The molecule has 0 spiro atoms. The first-order valence-electron chi connectivity index (χ1n) is 9.06. The van der Waals surface area contributed by atoms with Gasteiger partial charge in [-0.1, -0.05) is 30.3 Å². The van der Waals surface area contributed by atoms with E-state index in [4.69, 9.17) is 0 Å². The van der Waals surface area contributed by atoms with E-state index in [2.05, 4.69) is 37.9 Å². The summed E-state index contributed by atoms with van der Waals surface area (Å²) in [5.74, 6) is 0.689. The maximum Gasteiger partial charge on any atom is 0.315 e. The second-order valence-corrected chi connectivity index (χ2v) is 6.59. The summed E-state index contributed by atoms with van der Waals surface area (Å²) in [5, 5.41) is 14.1. The average molecular weight is 375 g/mol. The van der Waals surface area contributed by atoms with Crippen LogP contribution < -0.4 is 10.6 Å². The number of urea groups is 1. The molecular weight excluding hydrogens is 354 g/mol.